The molecule has 0 spiro atoms. The molecule has 1 heterocycles. The van der Waals surface area contributed by atoms with Gasteiger partial charge < -0.3 is 15.4 Å². The molecule has 0 bridgehead atoms. The number of carbonyl (C=O) groups excluding carboxylic acids is 1. The van der Waals surface area contributed by atoms with Crippen LogP contribution in [0.2, 0.25) is 0 Å². The van der Waals surface area contributed by atoms with Crippen LogP contribution in [0.5, 0.6) is 0 Å². The molecule has 2 unspecified atom stereocenters. The summed E-state index contributed by atoms with van der Waals surface area (Å²) in [5.74, 6) is 1.27. The molecule has 0 aromatic rings. The van der Waals surface area contributed by atoms with Crippen molar-refractivity contribution < 1.29 is 9.53 Å². The minimum Gasteiger partial charge on any atom is -0.379 e. The van der Waals surface area contributed by atoms with Gasteiger partial charge in [0.05, 0.1) is 6.10 Å². The van der Waals surface area contributed by atoms with Gasteiger partial charge in [-0.1, -0.05) is 13.8 Å². The fourth-order valence-corrected chi connectivity index (χ4v) is 2.19. The van der Waals surface area contributed by atoms with Crippen LogP contribution < -0.4 is 10.6 Å². The summed E-state index contributed by atoms with van der Waals surface area (Å²) >= 11 is 0. The minimum atomic E-state index is 0.118. The predicted octanol–water partition coefficient (Wildman–Crippen LogP) is 1.16. The third kappa shape index (κ3) is 5.50. The third-order valence-electron chi connectivity index (χ3n) is 3.49. The van der Waals surface area contributed by atoms with Crippen molar-refractivity contribution in [2.45, 2.75) is 39.2 Å². The highest BCUT2D eigenvalue weighted by Gasteiger charge is 2.17. The second-order valence-electron chi connectivity index (χ2n) is 5.22. The van der Waals surface area contributed by atoms with E-state index in [1.165, 1.54) is 6.42 Å². The Morgan fingerprint density at radius 2 is 2.29 bits per heavy atom. The average Bonchev–Trinajstić information content (AvgIpc) is 2.79. The van der Waals surface area contributed by atoms with Gasteiger partial charge in [0.1, 0.15) is 0 Å². The van der Waals surface area contributed by atoms with Gasteiger partial charge in [-0.25, -0.2) is 0 Å². The molecule has 0 radical (unpaired) electrons. The van der Waals surface area contributed by atoms with Crippen LogP contribution in [0, 0.1) is 11.8 Å². The zero-order chi connectivity index (χ0) is 12.7. The smallest absolute Gasteiger partial charge is 0.220 e. The fourth-order valence-electron chi connectivity index (χ4n) is 2.19. The zero-order valence-electron chi connectivity index (χ0n) is 11.3. The van der Waals surface area contributed by atoms with Crippen molar-refractivity contribution in [2.24, 2.45) is 11.8 Å². The molecule has 2 atom stereocenters. The van der Waals surface area contributed by atoms with Crippen LogP contribution in [0.3, 0.4) is 0 Å². The Bertz CT molecular complexity index is 225. The highest BCUT2D eigenvalue weighted by atomic mass is 16.5. The lowest BCUT2D eigenvalue weighted by atomic mass is 10.0. The lowest BCUT2D eigenvalue weighted by Crippen LogP contribution is -2.36. The molecule has 1 aliphatic heterocycles. The minimum absolute atomic E-state index is 0.118. The Morgan fingerprint density at radius 1 is 1.53 bits per heavy atom. The summed E-state index contributed by atoms with van der Waals surface area (Å²) in [7, 11) is 1.70. The number of ether oxygens (including phenoxy) is 1. The van der Waals surface area contributed by atoms with Crippen LogP contribution in [0.25, 0.3) is 0 Å². The molecule has 1 fully saturated rings. The third-order valence-corrected chi connectivity index (χ3v) is 3.49. The Hall–Kier alpha value is -0.610. The number of methoxy groups -OCH3 is 1. The molecule has 0 aromatic carbocycles. The maximum Gasteiger partial charge on any atom is 0.220 e. The maximum absolute atomic E-state index is 11.7. The van der Waals surface area contributed by atoms with Gasteiger partial charge in [0, 0.05) is 20.1 Å². The van der Waals surface area contributed by atoms with Crippen molar-refractivity contribution in [1.29, 1.82) is 0 Å². The number of nitrogens with one attached hydrogen (secondary N) is 2. The molecule has 0 saturated carbocycles. The Labute approximate surface area is 104 Å². The van der Waals surface area contributed by atoms with Crippen molar-refractivity contribution in [2.75, 3.05) is 26.7 Å². The van der Waals surface area contributed by atoms with Gasteiger partial charge >= 0.3 is 0 Å². The van der Waals surface area contributed by atoms with Crippen LogP contribution in [-0.4, -0.2) is 38.8 Å². The first-order valence-electron chi connectivity index (χ1n) is 6.63. The van der Waals surface area contributed by atoms with Gasteiger partial charge in [-0.3, -0.25) is 4.79 Å². The molecule has 0 aromatic heterocycles. The van der Waals surface area contributed by atoms with Crippen molar-refractivity contribution >= 4 is 5.91 Å². The van der Waals surface area contributed by atoms with E-state index in [4.69, 9.17) is 4.74 Å². The summed E-state index contributed by atoms with van der Waals surface area (Å²) in [6.07, 6.45) is 2.96. The average molecular weight is 242 g/mol. The van der Waals surface area contributed by atoms with Gasteiger partial charge in [-0.2, -0.15) is 0 Å². The van der Waals surface area contributed by atoms with Crippen molar-refractivity contribution in [3.8, 4) is 0 Å². The molecule has 1 aliphatic rings. The molecule has 1 rings (SSSR count). The monoisotopic (exact) mass is 242 g/mol. The van der Waals surface area contributed by atoms with E-state index >= 15 is 0 Å². The summed E-state index contributed by atoms with van der Waals surface area (Å²) in [5, 5.41) is 6.27. The van der Waals surface area contributed by atoms with Gasteiger partial charge in [0.2, 0.25) is 5.91 Å². The van der Waals surface area contributed by atoms with E-state index in [0.29, 0.717) is 24.8 Å². The van der Waals surface area contributed by atoms with Gasteiger partial charge in [0.25, 0.3) is 0 Å². The van der Waals surface area contributed by atoms with Crippen LogP contribution >= 0.6 is 0 Å². The first-order valence-corrected chi connectivity index (χ1v) is 6.63. The van der Waals surface area contributed by atoms with E-state index in [0.717, 1.165) is 19.5 Å². The van der Waals surface area contributed by atoms with Crippen LogP contribution in [0.1, 0.15) is 33.1 Å². The number of carbonyl (C=O) groups is 1. The molecule has 4 nitrogen and oxygen atoms in total. The van der Waals surface area contributed by atoms with E-state index in [1.54, 1.807) is 7.11 Å². The second kappa shape index (κ2) is 7.67. The summed E-state index contributed by atoms with van der Waals surface area (Å²) in [6.45, 7) is 7.00. The standard InChI is InChI=1S/C13H26N2O2/c1-10(2)12(17-3)9-15-13(16)5-4-11-6-7-14-8-11/h10-12,14H,4-9H2,1-3H3,(H,15,16). The summed E-state index contributed by atoms with van der Waals surface area (Å²) in [4.78, 5) is 11.7. The predicted molar refractivity (Wildman–Crippen MR) is 68.9 cm³/mol. The summed E-state index contributed by atoms with van der Waals surface area (Å²) in [5.41, 5.74) is 0. The Morgan fingerprint density at radius 3 is 2.82 bits per heavy atom. The lowest BCUT2D eigenvalue weighted by Gasteiger charge is -2.19. The van der Waals surface area contributed by atoms with Crippen molar-refractivity contribution in [3.05, 3.63) is 0 Å². The van der Waals surface area contributed by atoms with Crippen LogP contribution in [-0.2, 0) is 9.53 Å². The molecular formula is C13H26N2O2. The van der Waals surface area contributed by atoms with Gasteiger partial charge in [-0.05, 0) is 37.8 Å². The Kier molecular flexibility index (Phi) is 6.52. The second-order valence-corrected chi connectivity index (χ2v) is 5.22. The van der Waals surface area contributed by atoms with E-state index < -0.39 is 0 Å². The normalized spacial score (nSPS) is 21.8. The first kappa shape index (κ1) is 14.5. The molecule has 100 valence electrons. The topological polar surface area (TPSA) is 50.4 Å². The Balaban J connectivity index is 2.11. The van der Waals surface area contributed by atoms with Gasteiger partial charge in [0.15, 0.2) is 0 Å². The molecule has 4 heteroatoms. The lowest BCUT2D eigenvalue weighted by molar-refractivity contribution is -0.122. The number of hydrogen-bond acceptors (Lipinski definition) is 3. The largest absolute Gasteiger partial charge is 0.379 e. The summed E-state index contributed by atoms with van der Waals surface area (Å²) < 4.78 is 5.32. The first-order chi connectivity index (χ1) is 8.13. The van der Waals surface area contributed by atoms with Crippen molar-refractivity contribution in [3.63, 3.8) is 0 Å². The zero-order valence-corrected chi connectivity index (χ0v) is 11.3. The SMILES string of the molecule is COC(CNC(=O)CCC1CCNC1)C(C)C. The highest BCUT2D eigenvalue weighted by Crippen LogP contribution is 2.14. The van der Waals surface area contributed by atoms with E-state index in [1.807, 2.05) is 0 Å². The van der Waals surface area contributed by atoms with E-state index in [-0.39, 0.29) is 12.0 Å². The van der Waals surface area contributed by atoms with Crippen LogP contribution in [0.15, 0.2) is 0 Å². The number of amides is 1. The molecule has 1 saturated heterocycles. The van der Waals surface area contributed by atoms with Crippen LogP contribution in [0.4, 0.5) is 0 Å². The van der Waals surface area contributed by atoms with Crippen molar-refractivity contribution in [1.82, 2.24) is 10.6 Å². The number of rotatable bonds is 7. The van der Waals surface area contributed by atoms with Gasteiger partial charge in [-0.15, -0.1) is 0 Å². The van der Waals surface area contributed by atoms with E-state index in [2.05, 4.69) is 24.5 Å². The highest BCUT2D eigenvalue weighted by molar-refractivity contribution is 5.75. The molecule has 0 aliphatic carbocycles. The molecular weight excluding hydrogens is 216 g/mol. The molecule has 17 heavy (non-hydrogen) atoms. The molecule has 1 amide bonds. The summed E-state index contributed by atoms with van der Waals surface area (Å²) in [6, 6.07) is 0. The maximum atomic E-state index is 11.7. The molecule has 2 N–H and O–H groups in total. The fraction of sp³-hybridized carbons (Fsp3) is 0.923. The number of hydrogen-bond donors (Lipinski definition) is 2. The van der Waals surface area contributed by atoms with E-state index in [9.17, 15) is 4.79 Å². The quantitative estimate of drug-likeness (QED) is 0.704.